The Bertz CT molecular complexity index is 722. The minimum Gasteiger partial charge on any atom is -0.240 e. The SMILES string of the molecule is Clc1ccccc1-c1nn(-c2ccccc2)cc1CBr. The molecule has 0 aliphatic carbocycles. The predicted octanol–water partition coefficient (Wildman–Crippen LogP) is 5.09. The summed E-state index contributed by atoms with van der Waals surface area (Å²) < 4.78 is 1.88. The maximum Gasteiger partial charge on any atom is 0.0983 e. The molecule has 4 heteroatoms. The van der Waals surface area contributed by atoms with Crippen molar-refractivity contribution in [3.63, 3.8) is 0 Å². The van der Waals surface area contributed by atoms with E-state index < -0.39 is 0 Å². The van der Waals surface area contributed by atoms with Crippen molar-refractivity contribution in [1.29, 1.82) is 0 Å². The van der Waals surface area contributed by atoms with Crippen molar-refractivity contribution in [2.45, 2.75) is 5.33 Å². The third kappa shape index (κ3) is 2.51. The summed E-state index contributed by atoms with van der Waals surface area (Å²) in [5.41, 5.74) is 4.02. The van der Waals surface area contributed by atoms with Crippen LogP contribution in [-0.4, -0.2) is 9.78 Å². The second-order valence-corrected chi connectivity index (χ2v) is 5.36. The molecule has 0 atom stereocenters. The third-order valence-corrected chi connectivity index (χ3v) is 4.02. The summed E-state index contributed by atoms with van der Waals surface area (Å²) in [6.07, 6.45) is 2.03. The lowest BCUT2D eigenvalue weighted by molar-refractivity contribution is 0.884. The van der Waals surface area contributed by atoms with Crippen molar-refractivity contribution in [1.82, 2.24) is 9.78 Å². The van der Waals surface area contributed by atoms with Gasteiger partial charge in [-0.2, -0.15) is 5.10 Å². The molecule has 0 spiro atoms. The third-order valence-electron chi connectivity index (χ3n) is 3.08. The molecule has 2 nitrogen and oxygen atoms in total. The van der Waals surface area contributed by atoms with Gasteiger partial charge in [0.2, 0.25) is 0 Å². The summed E-state index contributed by atoms with van der Waals surface area (Å²) in [6.45, 7) is 0. The summed E-state index contributed by atoms with van der Waals surface area (Å²) in [5, 5.41) is 6.14. The Morgan fingerprint density at radius 3 is 2.40 bits per heavy atom. The molecule has 0 saturated heterocycles. The molecule has 1 heterocycles. The highest BCUT2D eigenvalue weighted by molar-refractivity contribution is 9.08. The largest absolute Gasteiger partial charge is 0.240 e. The molecule has 0 aliphatic heterocycles. The lowest BCUT2D eigenvalue weighted by Gasteiger charge is -2.02. The number of benzene rings is 2. The van der Waals surface area contributed by atoms with E-state index in [0.29, 0.717) is 5.02 Å². The minimum atomic E-state index is 0.716. The quantitative estimate of drug-likeness (QED) is 0.604. The Kier molecular flexibility index (Phi) is 3.90. The number of aromatic nitrogens is 2. The highest BCUT2D eigenvalue weighted by atomic mass is 79.9. The molecule has 3 rings (SSSR count). The van der Waals surface area contributed by atoms with Gasteiger partial charge in [-0.05, 0) is 18.2 Å². The van der Waals surface area contributed by atoms with Crippen LogP contribution >= 0.6 is 27.5 Å². The number of alkyl halides is 1. The van der Waals surface area contributed by atoms with Gasteiger partial charge in [0.05, 0.1) is 16.4 Å². The van der Waals surface area contributed by atoms with Crippen LogP contribution in [0.5, 0.6) is 0 Å². The van der Waals surface area contributed by atoms with E-state index in [0.717, 1.165) is 27.8 Å². The first kappa shape index (κ1) is 13.4. The lowest BCUT2D eigenvalue weighted by Crippen LogP contribution is -1.94. The number of nitrogens with zero attached hydrogens (tertiary/aromatic N) is 2. The Labute approximate surface area is 131 Å². The molecular formula is C16H12BrClN2. The first-order valence-electron chi connectivity index (χ1n) is 6.24. The summed E-state index contributed by atoms with van der Waals surface area (Å²) in [4.78, 5) is 0. The fraction of sp³-hybridized carbons (Fsp3) is 0.0625. The number of rotatable bonds is 3. The van der Waals surface area contributed by atoms with Gasteiger partial charge in [-0.1, -0.05) is 63.9 Å². The number of hydrogen-bond acceptors (Lipinski definition) is 1. The van der Waals surface area contributed by atoms with E-state index in [1.807, 2.05) is 65.5 Å². The first-order valence-corrected chi connectivity index (χ1v) is 7.74. The van der Waals surface area contributed by atoms with Crippen molar-refractivity contribution >= 4 is 27.5 Å². The zero-order valence-corrected chi connectivity index (χ0v) is 13.0. The van der Waals surface area contributed by atoms with Gasteiger partial charge in [0.15, 0.2) is 0 Å². The predicted molar refractivity (Wildman–Crippen MR) is 86.6 cm³/mol. The van der Waals surface area contributed by atoms with Gasteiger partial charge in [-0.15, -0.1) is 0 Å². The molecule has 2 aromatic carbocycles. The van der Waals surface area contributed by atoms with Gasteiger partial charge in [0, 0.05) is 22.7 Å². The average Bonchev–Trinajstić information content (AvgIpc) is 2.93. The van der Waals surface area contributed by atoms with E-state index in [1.165, 1.54) is 0 Å². The first-order chi connectivity index (χ1) is 9.79. The molecule has 100 valence electrons. The number of halogens is 2. The molecule has 0 N–H and O–H groups in total. The molecule has 0 fully saturated rings. The van der Waals surface area contributed by atoms with Crippen LogP contribution in [0.25, 0.3) is 16.9 Å². The van der Waals surface area contributed by atoms with Crippen molar-refractivity contribution in [2.75, 3.05) is 0 Å². The molecule has 0 unspecified atom stereocenters. The fourth-order valence-electron chi connectivity index (χ4n) is 2.10. The van der Waals surface area contributed by atoms with E-state index in [2.05, 4.69) is 21.0 Å². The molecule has 0 aliphatic rings. The van der Waals surface area contributed by atoms with Crippen LogP contribution in [0.4, 0.5) is 0 Å². The van der Waals surface area contributed by atoms with Gasteiger partial charge in [-0.25, -0.2) is 4.68 Å². The molecule has 3 aromatic rings. The fourth-order valence-corrected chi connectivity index (χ4v) is 2.74. The van der Waals surface area contributed by atoms with Crippen molar-refractivity contribution in [2.24, 2.45) is 0 Å². The Balaban J connectivity index is 2.13. The van der Waals surface area contributed by atoms with Crippen molar-refractivity contribution < 1.29 is 0 Å². The molecule has 0 bridgehead atoms. The Morgan fingerprint density at radius 2 is 1.70 bits per heavy atom. The van der Waals surface area contributed by atoms with Crippen molar-refractivity contribution in [3.8, 4) is 16.9 Å². The zero-order valence-electron chi connectivity index (χ0n) is 10.6. The molecule has 20 heavy (non-hydrogen) atoms. The highest BCUT2D eigenvalue weighted by Gasteiger charge is 2.13. The summed E-state index contributed by atoms with van der Waals surface area (Å²) in [5.74, 6) is 0. The maximum atomic E-state index is 6.28. The van der Waals surface area contributed by atoms with Crippen LogP contribution in [0.2, 0.25) is 5.02 Å². The normalized spacial score (nSPS) is 10.7. The maximum absolute atomic E-state index is 6.28. The van der Waals surface area contributed by atoms with E-state index in [9.17, 15) is 0 Å². The molecule has 1 aromatic heterocycles. The van der Waals surface area contributed by atoms with E-state index >= 15 is 0 Å². The average molecular weight is 348 g/mol. The smallest absolute Gasteiger partial charge is 0.0983 e. The molecule has 0 amide bonds. The zero-order chi connectivity index (χ0) is 13.9. The van der Waals surface area contributed by atoms with Gasteiger partial charge in [-0.3, -0.25) is 0 Å². The van der Waals surface area contributed by atoms with Crippen LogP contribution in [0.15, 0.2) is 60.8 Å². The van der Waals surface area contributed by atoms with Crippen LogP contribution in [0, 0.1) is 0 Å². The topological polar surface area (TPSA) is 17.8 Å². The molecular weight excluding hydrogens is 336 g/mol. The summed E-state index contributed by atoms with van der Waals surface area (Å²) in [7, 11) is 0. The molecule has 0 saturated carbocycles. The summed E-state index contributed by atoms with van der Waals surface area (Å²) in [6, 6.07) is 17.8. The lowest BCUT2D eigenvalue weighted by atomic mass is 10.1. The summed E-state index contributed by atoms with van der Waals surface area (Å²) >= 11 is 9.80. The Hall–Kier alpha value is -1.58. The number of para-hydroxylation sites is 1. The van der Waals surface area contributed by atoms with E-state index in [1.54, 1.807) is 0 Å². The van der Waals surface area contributed by atoms with Crippen molar-refractivity contribution in [3.05, 3.63) is 71.4 Å². The van der Waals surface area contributed by atoms with Crippen LogP contribution in [-0.2, 0) is 5.33 Å². The molecule has 0 radical (unpaired) electrons. The van der Waals surface area contributed by atoms with E-state index in [4.69, 9.17) is 11.6 Å². The Morgan fingerprint density at radius 1 is 1.00 bits per heavy atom. The monoisotopic (exact) mass is 346 g/mol. The highest BCUT2D eigenvalue weighted by Crippen LogP contribution is 2.30. The van der Waals surface area contributed by atoms with Crippen LogP contribution in [0.3, 0.4) is 0 Å². The number of hydrogen-bond donors (Lipinski definition) is 0. The van der Waals surface area contributed by atoms with Gasteiger partial charge < -0.3 is 0 Å². The minimum absolute atomic E-state index is 0.716. The second-order valence-electron chi connectivity index (χ2n) is 4.40. The van der Waals surface area contributed by atoms with E-state index in [-0.39, 0.29) is 0 Å². The van der Waals surface area contributed by atoms with Gasteiger partial charge in [0.25, 0.3) is 0 Å². The standard InChI is InChI=1S/C16H12BrClN2/c17-10-12-11-20(13-6-2-1-3-7-13)19-16(12)14-8-4-5-9-15(14)18/h1-9,11H,10H2. The van der Waals surface area contributed by atoms with Gasteiger partial charge >= 0.3 is 0 Å². The second kappa shape index (κ2) is 5.81. The van der Waals surface area contributed by atoms with Crippen LogP contribution < -0.4 is 0 Å². The van der Waals surface area contributed by atoms with Crippen LogP contribution in [0.1, 0.15) is 5.56 Å². The van der Waals surface area contributed by atoms with Gasteiger partial charge in [0.1, 0.15) is 0 Å².